The molecule has 0 aromatic heterocycles. The second-order valence-corrected chi connectivity index (χ2v) is 7.88. The Bertz CT molecular complexity index is 737. The Morgan fingerprint density at radius 3 is 2.67 bits per heavy atom. The minimum atomic E-state index is -3.45. The van der Waals surface area contributed by atoms with Crippen molar-refractivity contribution in [2.75, 3.05) is 19.6 Å². The zero-order chi connectivity index (χ0) is 17.0. The number of likely N-dealkylation sites (tertiary alicyclic amines) is 1. The number of fused-ring (bicyclic) bond motifs is 1. The summed E-state index contributed by atoms with van der Waals surface area (Å²) in [5.74, 6) is 0.690. The molecule has 0 unspecified atom stereocenters. The lowest BCUT2D eigenvalue weighted by Gasteiger charge is -2.14. The summed E-state index contributed by atoms with van der Waals surface area (Å²) >= 11 is 0. The van der Waals surface area contributed by atoms with Crippen molar-refractivity contribution in [2.24, 2.45) is 4.99 Å². The summed E-state index contributed by atoms with van der Waals surface area (Å²) < 4.78 is 26.4. The Balaban J connectivity index is 1.43. The summed E-state index contributed by atoms with van der Waals surface area (Å²) in [5, 5.41) is 0. The van der Waals surface area contributed by atoms with E-state index in [-0.39, 0.29) is 5.91 Å². The first-order chi connectivity index (χ1) is 11.6. The number of nitrogens with one attached hydrogen (secondary N) is 1. The molecule has 3 rings (SSSR count). The van der Waals surface area contributed by atoms with Gasteiger partial charge in [-0.25, -0.2) is 8.42 Å². The Hall–Kier alpha value is -1.89. The topological polar surface area (TPSA) is 78.8 Å². The molecule has 7 heteroatoms. The van der Waals surface area contributed by atoms with Crippen LogP contribution in [-0.4, -0.2) is 44.7 Å². The highest BCUT2D eigenvalue weighted by Crippen LogP contribution is 2.22. The van der Waals surface area contributed by atoms with Crippen LogP contribution < -0.4 is 4.72 Å². The molecule has 0 radical (unpaired) electrons. The molecule has 0 bridgehead atoms. The molecule has 130 valence electrons. The Morgan fingerprint density at radius 1 is 1.12 bits per heavy atom. The molecule has 24 heavy (non-hydrogen) atoms. The lowest BCUT2D eigenvalue weighted by atomic mass is 10.1. The van der Waals surface area contributed by atoms with E-state index in [9.17, 15) is 13.2 Å². The van der Waals surface area contributed by atoms with Crippen LogP contribution in [0.2, 0.25) is 0 Å². The molecule has 1 aromatic carbocycles. The summed E-state index contributed by atoms with van der Waals surface area (Å²) in [5.41, 5.74) is 0.640. The van der Waals surface area contributed by atoms with E-state index in [1.165, 1.54) is 0 Å². The maximum atomic E-state index is 12.0. The van der Waals surface area contributed by atoms with Crippen LogP contribution in [0.3, 0.4) is 0 Å². The van der Waals surface area contributed by atoms with Gasteiger partial charge in [0.15, 0.2) is 0 Å². The summed E-state index contributed by atoms with van der Waals surface area (Å²) in [4.78, 5) is 18.5. The van der Waals surface area contributed by atoms with Crippen LogP contribution >= 0.6 is 0 Å². The fourth-order valence-electron chi connectivity index (χ4n) is 3.13. The van der Waals surface area contributed by atoms with Crippen LogP contribution in [0.5, 0.6) is 0 Å². The van der Waals surface area contributed by atoms with Crippen molar-refractivity contribution in [1.82, 2.24) is 9.62 Å². The first kappa shape index (κ1) is 17.0. The number of carbonyl (C=O) groups is 1. The maximum Gasteiger partial charge on any atom is 0.263 e. The smallest absolute Gasteiger partial charge is 0.263 e. The zero-order valence-corrected chi connectivity index (χ0v) is 14.5. The number of rotatable bonds is 6. The first-order valence-corrected chi connectivity index (χ1v) is 10.0. The van der Waals surface area contributed by atoms with Crippen molar-refractivity contribution in [2.45, 2.75) is 43.4 Å². The van der Waals surface area contributed by atoms with Gasteiger partial charge in [-0.15, -0.1) is 0 Å². The second-order valence-electron chi connectivity index (χ2n) is 6.23. The van der Waals surface area contributed by atoms with E-state index >= 15 is 0 Å². The third kappa shape index (κ3) is 3.77. The predicted molar refractivity (Wildman–Crippen MR) is 92.4 cm³/mol. The maximum absolute atomic E-state index is 12.0. The molecule has 6 nitrogen and oxygen atoms in total. The molecule has 1 saturated heterocycles. The van der Waals surface area contributed by atoms with E-state index in [2.05, 4.69) is 9.71 Å². The lowest BCUT2D eigenvalue weighted by molar-refractivity contribution is -0.130. The van der Waals surface area contributed by atoms with Gasteiger partial charge in [-0.3, -0.25) is 14.5 Å². The van der Waals surface area contributed by atoms with Crippen LogP contribution in [-0.2, 0) is 14.8 Å². The van der Waals surface area contributed by atoms with E-state index in [0.29, 0.717) is 29.3 Å². The van der Waals surface area contributed by atoms with Crippen molar-refractivity contribution in [3.63, 3.8) is 0 Å². The fourth-order valence-corrected chi connectivity index (χ4v) is 4.38. The molecule has 1 N–H and O–H groups in total. The van der Waals surface area contributed by atoms with Gasteiger partial charge in [0.1, 0.15) is 5.84 Å². The van der Waals surface area contributed by atoms with E-state index in [0.717, 1.165) is 45.2 Å². The van der Waals surface area contributed by atoms with Crippen LogP contribution in [0.4, 0.5) is 0 Å². The minimum absolute atomic E-state index is 0.260. The number of carbonyl (C=O) groups excluding carboxylic acids is 1. The average Bonchev–Trinajstić information content (AvgIpc) is 3.18. The standard InChI is InChI=1S/C17H23N3O3S/c21-16(20-12-6-7-13-20)10-2-1-5-11-18-17-14-8-3-4-9-15(14)24(22,23)19-17/h3-4,8-9H,1-2,5-7,10-13H2,(H,18,19). The molecule has 2 aliphatic rings. The number of aliphatic imine (C=N–C) groups is 1. The molecule has 1 amide bonds. The van der Waals surface area contributed by atoms with Gasteiger partial charge < -0.3 is 4.90 Å². The highest BCUT2D eigenvalue weighted by atomic mass is 32.2. The molecule has 0 atom stereocenters. The summed E-state index contributed by atoms with van der Waals surface area (Å²) in [7, 11) is -3.45. The van der Waals surface area contributed by atoms with Crippen LogP contribution in [0, 0.1) is 0 Å². The van der Waals surface area contributed by atoms with Gasteiger partial charge in [-0.05, 0) is 37.8 Å². The van der Waals surface area contributed by atoms with Gasteiger partial charge in [-0.1, -0.05) is 18.6 Å². The van der Waals surface area contributed by atoms with Gasteiger partial charge in [0, 0.05) is 31.6 Å². The third-order valence-electron chi connectivity index (χ3n) is 4.44. The molecule has 1 aromatic rings. The number of nitrogens with zero attached hydrogens (tertiary/aromatic N) is 2. The van der Waals surface area contributed by atoms with Gasteiger partial charge in [0.2, 0.25) is 5.91 Å². The largest absolute Gasteiger partial charge is 0.343 e. The summed E-state index contributed by atoms with van der Waals surface area (Å²) in [6.45, 7) is 2.38. The number of benzene rings is 1. The highest BCUT2D eigenvalue weighted by Gasteiger charge is 2.29. The van der Waals surface area contributed by atoms with Crippen molar-refractivity contribution in [3.8, 4) is 0 Å². The van der Waals surface area contributed by atoms with Crippen LogP contribution in [0.25, 0.3) is 0 Å². The number of hydrogen-bond acceptors (Lipinski definition) is 4. The van der Waals surface area contributed by atoms with E-state index in [4.69, 9.17) is 0 Å². The first-order valence-electron chi connectivity index (χ1n) is 8.52. The third-order valence-corrected chi connectivity index (χ3v) is 5.84. The quantitative estimate of drug-likeness (QED) is 0.797. The predicted octanol–water partition coefficient (Wildman–Crippen LogP) is 1.91. The molecule has 0 spiro atoms. The summed E-state index contributed by atoms with van der Waals surface area (Å²) in [6.07, 6.45) is 5.49. The van der Waals surface area contributed by atoms with Crippen molar-refractivity contribution >= 4 is 21.8 Å². The molecular formula is C17H23N3O3S. The van der Waals surface area contributed by atoms with Crippen LogP contribution in [0.1, 0.15) is 44.1 Å². The number of sulfonamides is 1. The van der Waals surface area contributed by atoms with Crippen molar-refractivity contribution in [1.29, 1.82) is 0 Å². The molecule has 2 aliphatic heterocycles. The Labute approximate surface area is 143 Å². The summed E-state index contributed by atoms with van der Waals surface area (Å²) in [6, 6.07) is 6.86. The monoisotopic (exact) mass is 349 g/mol. The van der Waals surface area contributed by atoms with Crippen molar-refractivity contribution < 1.29 is 13.2 Å². The van der Waals surface area contributed by atoms with E-state index in [1.54, 1.807) is 24.3 Å². The van der Waals surface area contributed by atoms with E-state index in [1.807, 2.05) is 4.90 Å². The molecule has 0 aliphatic carbocycles. The van der Waals surface area contributed by atoms with E-state index < -0.39 is 10.0 Å². The van der Waals surface area contributed by atoms with Crippen LogP contribution in [0.15, 0.2) is 34.2 Å². The highest BCUT2D eigenvalue weighted by molar-refractivity contribution is 7.90. The van der Waals surface area contributed by atoms with Gasteiger partial charge >= 0.3 is 0 Å². The number of unbranched alkanes of at least 4 members (excludes halogenated alkanes) is 2. The molecule has 0 saturated carbocycles. The SMILES string of the molecule is O=C(CCCCCN=C1NS(=O)(=O)c2ccccc21)N1CCCC1. The molecular weight excluding hydrogens is 326 g/mol. The van der Waals surface area contributed by atoms with Gasteiger partial charge in [0.05, 0.1) is 4.90 Å². The average molecular weight is 349 g/mol. The molecule has 2 heterocycles. The van der Waals surface area contributed by atoms with Gasteiger partial charge in [0.25, 0.3) is 10.0 Å². The number of amidine groups is 1. The molecule has 1 fully saturated rings. The fraction of sp³-hybridized carbons (Fsp3) is 0.529. The Morgan fingerprint density at radius 2 is 1.88 bits per heavy atom. The lowest BCUT2D eigenvalue weighted by Crippen LogP contribution is -2.27. The second kappa shape index (κ2) is 7.34. The Kier molecular flexibility index (Phi) is 5.18. The minimum Gasteiger partial charge on any atom is -0.343 e. The van der Waals surface area contributed by atoms with Crippen molar-refractivity contribution in [3.05, 3.63) is 29.8 Å². The number of amides is 1. The number of hydrogen-bond donors (Lipinski definition) is 1. The zero-order valence-electron chi connectivity index (χ0n) is 13.7. The normalized spacial score (nSPS) is 20.2. The van der Waals surface area contributed by atoms with Gasteiger partial charge in [-0.2, -0.15) is 0 Å².